The Morgan fingerprint density at radius 2 is 1.59 bits per heavy atom. The van der Waals surface area contributed by atoms with Crippen LogP contribution in [0.2, 0.25) is 5.02 Å². The predicted molar refractivity (Wildman–Crippen MR) is 95.7 cm³/mol. The number of alkyl halides is 2. The molecule has 6 atom stereocenters. The first-order valence-corrected chi connectivity index (χ1v) is 10.0. The number of fused-ring (bicyclic) bond motifs is 5. The van der Waals surface area contributed by atoms with Crippen LogP contribution in [0.25, 0.3) is 0 Å². The molecule has 0 N–H and O–H groups in total. The fourth-order valence-electron chi connectivity index (χ4n) is 4.23. The average Bonchev–Trinajstić information content (AvgIpc) is 3.08. The van der Waals surface area contributed by atoms with E-state index in [-0.39, 0.29) is 45.1 Å². The van der Waals surface area contributed by atoms with Gasteiger partial charge in [-0.1, -0.05) is 43.5 Å². The van der Waals surface area contributed by atoms with E-state index < -0.39 is 0 Å². The lowest BCUT2D eigenvalue weighted by Gasteiger charge is -2.28. The number of amides is 2. The van der Waals surface area contributed by atoms with Gasteiger partial charge in [0.25, 0.3) is 0 Å². The molecule has 1 aromatic carbocycles. The van der Waals surface area contributed by atoms with Crippen molar-refractivity contribution in [1.82, 2.24) is 0 Å². The Bertz CT molecular complexity index is 665. The molecular weight excluding hydrogens is 501 g/mol. The minimum Gasteiger partial charge on any atom is -0.274 e. The number of carbonyl (C=O) groups is 2. The van der Waals surface area contributed by atoms with Crippen LogP contribution < -0.4 is 4.90 Å². The molecule has 116 valence electrons. The molecule has 2 bridgehead atoms. The van der Waals surface area contributed by atoms with E-state index in [1.54, 1.807) is 18.2 Å². The van der Waals surface area contributed by atoms with Gasteiger partial charge in [0.05, 0.1) is 22.5 Å². The highest BCUT2D eigenvalue weighted by molar-refractivity contribution is 9.12. The fourth-order valence-corrected chi connectivity index (χ4v) is 6.52. The second kappa shape index (κ2) is 5.30. The van der Waals surface area contributed by atoms with Gasteiger partial charge in [0.1, 0.15) is 0 Å². The lowest BCUT2D eigenvalue weighted by atomic mass is 9.81. The molecule has 0 spiro atoms. The summed E-state index contributed by atoms with van der Waals surface area (Å²) in [5.74, 6) is -0.0934. The van der Waals surface area contributed by atoms with Gasteiger partial charge in [-0.25, -0.2) is 4.90 Å². The molecule has 1 aliphatic heterocycles. The van der Waals surface area contributed by atoms with Crippen molar-refractivity contribution in [3.05, 3.63) is 27.7 Å². The number of nitrogens with zero attached hydrogens (tertiary/aromatic N) is 1. The van der Waals surface area contributed by atoms with Gasteiger partial charge in [-0.15, -0.1) is 0 Å². The van der Waals surface area contributed by atoms with Crippen LogP contribution in [0.3, 0.4) is 0 Å². The third-order valence-electron chi connectivity index (χ3n) is 5.15. The summed E-state index contributed by atoms with van der Waals surface area (Å²) in [6.45, 7) is 0. The third kappa shape index (κ3) is 1.96. The zero-order chi connectivity index (χ0) is 15.8. The Balaban J connectivity index is 1.74. The van der Waals surface area contributed by atoms with Gasteiger partial charge in [0.15, 0.2) is 0 Å². The number of halogens is 4. The first-order chi connectivity index (χ1) is 10.4. The minimum atomic E-state index is -0.196. The van der Waals surface area contributed by atoms with Gasteiger partial charge in [0.2, 0.25) is 11.8 Å². The molecule has 0 unspecified atom stereocenters. The first-order valence-electron chi connectivity index (χ1n) is 7.03. The molecule has 1 heterocycles. The van der Waals surface area contributed by atoms with Gasteiger partial charge in [-0.3, -0.25) is 9.59 Å². The standard InChI is InChI=1S/C15H11Br3ClNO2/c16-8-2-1-5(3-9(8)19)20-14(21)10-6-4-7(11(10)15(20)22)13(18)12(6)17/h1-3,6-7,10-13H,4H2/t6-,7-,10-,11-,12-,13+/m1/s1. The first kappa shape index (κ1) is 15.6. The molecule has 2 amide bonds. The summed E-state index contributed by atoms with van der Waals surface area (Å²) in [7, 11) is 0. The van der Waals surface area contributed by atoms with E-state index in [9.17, 15) is 9.59 Å². The lowest BCUT2D eigenvalue weighted by Crippen LogP contribution is -2.37. The van der Waals surface area contributed by atoms with Gasteiger partial charge in [-0.2, -0.15) is 0 Å². The summed E-state index contributed by atoms with van der Waals surface area (Å²) in [5.41, 5.74) is 0.564. The Labute approximate surface area is 158 Å². The van der Waals surface area contributed by atoms with Crippen molar-refractivity contribution in [3.63, 3.8) is 0 Å². The zero-order valence-electron chi connectivity index (χ0n) is 11.2. The molecule has 3 aliphatic rings. The maximum absolute atomic E-state index is 12.9. The number of imide groups is 1. The molecule has 7 heteroatoms. The molecule has 3 fully saturated rings. The summed E-state index contributed by atoms with van der Waals surface area (Å²) >= 11 is 16.8. The van der Waals surface area contributed by atoms with E-state index in [0.717, 1.165) is 10.9 Å². The Morgan fingerprint density at radius 3 is 2.09 bits per heavy atom. The molecule has 0 aromatic heterocycles. The number of hydrogen-bond acceptors (Lipinski definition) is 2. The van der Waals surface area contributed by atoms with E-state index in [0.29, 0.717) is 10.7 Å². The second-order valence-corrected chi connectivity index (χ2v) is 9.49. The predicted octanol–water partition coefficient (Wildman–Crippen LogP) is 4.38. The molecule has 2 aliphatic carbocycles. The highest BCUT2D eigenvalue weighted by Crippen LogP contribution is 2.60. The number of benzene rings is 1. The molecule has 3 nitrogen and oxygen atoms in total. The fraction of sp³-hybridized carbons (Fsp3) is 0.467. The Morgan fingerprint density at radius 1 is 1.05 bits per heavy atom. The number of rotatable bonds is 1. The SMILES string of the molecule is O=C1[C@@H]2[C@H]3C[C@@H]([C@@H](Br)[C@H]3Br)[C@H]2C(=O)N1c1ccc(Br)c(Cl)c1. The molecule has 22 heavy (non-hydrogen) atoms. The molecular formula is C15H11Br3ClNO2. The zero-order valence-corrected chi connectivity index (χ0v) is 16.7. The Kier molecular flexibility index (Phi) is 3.76. The summed E-state index contributed by atoms with van der Waals surface area (Å²) in [5, 5.41) is 0.495. The van der Waals surface area contributed by atoms with Crippen LogP contribution in [-0.4, -0.2) is 21.5 Å². The summed E-state index contributed by atoms with van der Waals surface area (Å²) in [4.78, 5) is 27.5. The second-order valence-electron chi connectivity index (χ2n) is 6.11. The minimum absolute atomic E-state index is 0.0789. The maximum Gasteiger partial charge on any atom is 0.238 e. The van der Waals surface area contributed by atoms with Crippen LogP contribution in [0.15, 0.2) is 22.7 Å². The summed E-state index contributed by atoms with van der Waals surface area (Å²) in [6.07, 6.45) is 0.938. The lowest BCUT2D eigenvalue weighted by molar-refractivity contribution is -0.123. The monoisotopic (exact) mass is 509 g/mol. The topological polar surface area (TPSA) is 37.4 Å². The highest BCUT2D eigenvalue weighted by Gasteiger charge is 2.66. The number of anilines is 1. The van der Waals surface area contributed by atoms with Crippen LogP contribution in [0.5, 0.6) is 0 Å². The molecule has 1 aromatic rings. The largest absolute Gasteiger partial charge is 0.274 e. The van der Waals surface area contributed by atoms with E-state index in [1.165, 1.54) is 4.90 Å². The van der Waals surface area contributed by atoms with Crippen molar-refractivity contribution < 1.29 is 9.59 Å². The number of hydrogen-bond donors (Lipinski definition) is 0. The van der Waals surface area contributed by atoms with Gasteiger partial charge < -0.3 is 0 Å². The van der Waals surface area contributed by atoms with Crippen molar-refractivity contribution >= 4 is 76.9 Å². The van der Waals surface area contributed by atoms with Crippen molar-refractivity contribution in [2.45, 2.75) is 16.1 Å². The molecule has 1 saturated heterocycles. The third-order valence-corrected chi connectivity index (χ3v) is 9.59. The van der Waals surface area contributed by atoms with Crippen molar-refractivity contribution in [1.29, 1.82) is 0 Å². The van der Waals surface area contributed by atoms with Crippen molar-refractivity contribution in [3.8, 4) is 0 Å². The summed E-state index contributed by atoms with van der Waals surface area (Å²) in [6, 6.07) is 5.19. The van der Waals surface area contributed by atoms with Crippen LogP contribution in [0.4, 0.5) is 5.69 Å². The van der Waals surface area contributed by atoms with Crippen molar-refractivity contribution in [2.24, 2.45) is 23.7 Å². The molecule has 2 saturated carbocycles. The van der Waals surface area contributed by atoms with Crippen LogP contribution in [-0.2, 0) is 9.59 Å². The number of carbonyl (C=O) groups excluding carboxylic acids is 2. The summed E-state index contributed by atoms with van der Waals surface area (Å²) < 4.78 is 0.748. The Hall–Kier alpha value is 0.0900. The van der Waals surface area contributed by atoms with E-state index in [4.69, 9.17) is 11.6 Å². The van der Waals surface area contributed by atoms with Crippen LogP contribution in [0, 0.1) is 23.7 Å². The van der Waals surface area contributed by atoms with E-state index in [2.05, 4.69) is 47.8 Å². The van der Waals surface area contributed by atoms with E-state index >= 15 is 0 Å². The normalized spacial score (nSPS) is 39.7. The maximum atomic E-state index is 12.9. The van der Waals surface area contributed by atoms with Crippen LogP contribution in [0.1, 0.15) is 6.42 Å². The highest BCUT2D eigenvalue weighted by atomic mass is 79.9. The van der Waals surface area contributed by atoms with Crippen LogP contribution >= 0.6 is 59.4 Å². The quantitative estimate of drug-likeness (QED) is 0.414. The van der Waals surface area contributed by atoms with Crippen molar-refractivity contribution in [2.75, 3.05) is 4.90 Å². The molecule has 0 radical (unpaired) electrons. The average molecular weight is 512 g/mol. The van der Waals surface area contributed by atoms with Gasteiger partial charge in [-0.05, 0) is 52.4 Å². The van der Waals surface area contributed by atoms with Gasteiger partial charge >= 0.3 is 0 Å². The molecule has 4 rings (SSSR count). The van der Waals surface area contributed by atoms with Gasteiger partial charge in [0, 0.05) is 14.1 Å². The van der Waals surface area contributed by atoms with E-state index in [1.807, 2.05) is 0 Å². The smallest absolute Gasteiger partial charge is 0.238 e.